The molecule has 0 spiro atoms. The Morgan fingerprint density at radius 1 is 0.560 bits per heavy atom. The Hall–Kier alpha value is -3.80. The molecule has 0 radical (unpaired) electrons. The molecule has 8 rings (SSSR count). The third-order valence-corrected chi connectivity index (χ3v) is 8.23. The smallest absolute Gasteiger partial charge is 0.0984 e. The zero-order valence-electron chi connectivity index (χ0n) is 29.2. The normalized spacial score (nSPS) is 10.4. The maximum absolute atomic E-state index is 4.16. The van der Waals surface area contributed by atoms with Gasteiger partial charge >= 0.3 is 41.9 Å². The minimum atomic E-state index is 0. The quantitative estimate of drug-likeness (QED) is 0.189. The number of halogens is 2. The summed E-state index contributed by atoms with van der Waals surface area (Å²) in [4.78, 5) is 8.32. The van der Waals surface area contributed by atoms with Crippen LogP contribution in [0, 0.1) is 27.7 Å². The summed E-state index contributed by atoms with van der Waals surface area (Å²) < 4.78 is 4.11. The summed E-state index contributed by atoms with van der Waals surface area (Å²) in [6.07, 6.45) is 11.3. The number of hydrogen-bond donors (Lipinski definition) is 0. The van der Waals surface area contributed by atoms with Crippen LogP contribution >= 0.6 is 0 Å². The second kappa shape index (κ2) is 17.4. The Bertz CT molecular complexity index is 2140. The van der Waals surface area contributed by atoms with E-state index in [4.69, 9.17) is 0 Å². The molecule has 0 unspecified atom stereocenters. The number of hydrogen-bond acceptors (Lipinski definition) is 2. The van der Waals surface area contributed by atoms with Crippen molar-refractivity contribution in [2.24, 2.45) is 0 Å². The van der Waals surface area contributed by atoms with Crippen molar-refractivity contribution in [3.05, 3.63) is 157 Å². The van der Waals surface area contributed by atoms with Crippen LogP contribution in [-0.2, 0) is 23.3 Å². The third-order valence-electron chi connectivity index (χ3n) is 8.23. The molecule has 0 fully saturated rings. The summed E-state index contributed by atoms with van der Waals surface area (Å²) in [6, 6.07) is 35.4. The van der Waals surface area contributed by atoms with Crippen molar-refractivity contribution in [2.75, 3.05) is 0 Å². The fraction of sp³-hybridized carbons (Fsp3) is 0.143. The average Bonchev–Trinajstić information content (AvgIpc) is 3.88. The summed E-state index contributed by atoms with van der Waals surface area (Å²) in [7, 11) is 0. The number of imidazole rings is 2. The van der Waals surface area contributed by atoms with Crippen molar-refractivity contribution >= 4 is 27.0 Å². The van der Waals surface area contributed by atoms with Gasteiger partial charge in [0.2, 0.25) is 0 Å². The Balaban J connectivity index is 0.000000196. The maximum atomic E-state index is 4.16. The fourth-order valence-corrected chi connectivity index (χ4v) is 5.98. The van der Waals surface area contributed by atoms with E-state index in [9.17, 15) is 0 Å². The SMILES string of the molecule is C[Si](C)=[Zr+2].Cc1ccc(-c2cc(-n3ccnc3)cc3[cH-]c(C)cc23)cc1.Cc1ccc(-c2cc(-n3ccnc3)cc3[cH-]c(C)cc23)cc1.[Cl-].[Cl-]. The van der Waals surface area contributed by atoms with Gasteiger partial charge in [-0.2, -0.15) is 12.1 Å². The van der Waals surface area contributed by atoms with Gasteiger partial charge in [-0.15, -0.1) is 56.9 Å². The largest absolute Gasteiger partial charge is 1.00 e. The van der Waals surface area contributed by atoms with Crippen LogP contribution < -0.4 is 24.8 Å². The van der Waals surface area contributed by atoms with Crippen molar-refractivity contribution in [3.63, 3.8) is 0 Å². The van der Waals surface area contributed by atoms with Crippen molar-refractivity contribution in [3.8, 4) is 33.6 Å². The summed E-state index contributed by atoms with van der Waals surface area (Å²) in [5.74, 6) is 0. The molecule has 8 aromatic rings. The van der Waals surface area contributed by atoms with Gasteiger partial charge < -0.3 is 33.9 Å². The standard InChI is InChI=1S/2C20H17N2.C2H6Si.2ClH.Zr/c2*1-14-3-5-16(6-4-14)20-12-18(22-8-7-21-13-22)11-17-9-15(2)10-19(17)20;1-3-2;;;/h2*3-13H,1-2H3;1-2H3;2*1H;/q2*-1;;;;+2/p-2. The van der Waals surface area contributed by atoms with Crippen molar-refractivity contribution < 1.29 is 48.1 Å². The predicted molar refractivity (Wildman–Crippen MR) is 201 cm³/mol. The summed E-state index contributed by atoms with van der Waals surface area (Å²) in [6.45, 7) is 13.2. The summed E-state index contributed by atoms with van der Waals surface area (Å²) in [5, 5.41) is 5.17. The van der Waals surface area contributed by atoms with Gasteiger partial charge in [0, 0.05) is 36.2 Å². The van der Waals surface area contributed by atoms with E-state index >= 15 is 0 Å². The molecule has 2 aromatic heterocycles. The molecule has 0 saturated heterocycles. The van der Waals surface area contributed by atoms with Gasteiger partial charge in [0.05, 0.1) is 12.7 Å². The molecule has 8 heteroatoms. The van der Waals surface area contributed by atoms with Gasteiger partial charge in [-0.1, -0.05) is 84.6 Å². The minimum absolute atomic E-state index is 0. The zero-order valence-corrected chi connectivity index (χ0v) is 34.2. The van der Waals surface area contributed by atoms with E-state index in [1.54, 1.807) is 23.3 Å². The molecule has 2 heterocycles. The average molecular weight is 791 g/mol. The van der Waals surface area contributed by atoms with Crippen LogP contribution in [-0.4, -0.2) is 24.5 Å². The molecule has 0 N–H and O–H groups in total. The van der Waals surface area contributed by atoms with Crippen molar-refractivity contribution in [2.45, 2.75) is 40.8 Å². The summed E-state index contributed by atoms with van der Waals surface area (Å²) in [5.41, 5.74) is 12.7. The van der Waals surface area contributed by atoms with Gasteiger partial charge in [0.15, 0.2) is 0 Å². The van der Waals surface area contributed by atoms with E-state index < -0.39 is 0 Å². The molecule has 50 heavy (non-hydrogen) atoms. The van der Waals surface area contributed by atoms with Gasteiger partial charge in [0.1, 0.15) is 0 Å². The zero-order chi connectivity index (χ0) is 33.8. The second-order valence-corrected chi connectivity index (χ2v) is 22.1. The van der Waals surface area contributed by atoms with Crippen LogP contribution in [0.15, 0.2) is 135 Å². The van der Waals surface area contributed by atoms with Gasteiger partial charge in [-0.25, -0.2) is 9.97 Å². The van der Waals surface area contributed by atoms with Crippen LogP contribution in [0.2, 0.25) is 13.1 Å². The number of nitrogens with zero attached hydrogens (tertiary/aromatic N) is 4. The maximum Gasteiger partial charge on any atom is 0.0984 e. The van der Waals surface area contributed by atoms with Crippen LogP contribution in [0.4, 0.5) is 0 Å². The Morgan fingerprint density at radius 2 is 0.920 bits per heavy atom. The number of benzene rings is 4. The predicted octanol–water partition coefficient (Wildman–Crippen LogP) is 4.85. The van der Waals surface area contributed by atoms with E-state index in [-0.39, 0.29) is 30.2 Å². The van der Waals surface area contributed by atoms with E-state index in [0.29, 0.717) is 0 Å². The molecule has 6 aromatic carbocycles. The number of rotatable bonds is 4. The molecule has 252 valence electrons. The second-order valence-electron chi connectivity index (χ2n) is 12.7. The first kappa shape index (κ1) is 39.0. The van der Waals surface area contributed by atoms with Gasteiger partial charge in [0.25, 0.3) is 0 Å². The van der Waals surface area contributed by atoms with E-state index in [0.717, 1.165) is 11.4 Å². The first-order chi connectivity index (χ1) is 23.1. The molecule has 0 aliphatic rings. The fourth-order valence-electron chi connectivity index (χ4n) is 5.98. The van der Waals surface area contributed by atoms with Crippen LogP contribution in [0.5, 0.6) is 0 Å². The third kappa shape index (κ3) is 9.30. The minimum Gasteiger partial charge on any atom is -1.00 e. The number of aromatic nitrogens is 4. The molecule has 0 amide bonds. The number of fused-ring (bicyclic) bond motifs is 2. The van der Waals surface area contributed by atoms with Crippen LogP contribution in [0.3, 0.4) is 0 Å². The van der Waals surface area contributed by atoms with Gasteiger partial charge in [-0.3, -0.25) is 0 Å². The molecular formula is C42H40Cl2N4SiZr-2. The summed E-state index contributed by atoms with van der Waals surface area (Å²) >= 11 is 1.74. The Kier molecular flexibility index (Phi) is 13.6. The van der Waals surface area contributed by atoms with Crippen LogP contribution in [0.1, 0.15) is 22.3 Å². The first-order valence-corrected chi connectivity index (χ1v) is 22.4. The number of aryl methyl sites for hydroxylation is 4. The molecular weight excluding hydrogens is 751 g/mol. The van der Waals surface area contributed by atoms with Crippen molar-refractivity contribution in [1.82, 2.24) is 19.1 Å². The molecule has 4 nitrogen and oxygen atoms in total. The van der Waals surface area contributed by atoms with Gasteiger partial charge in [-0.05, 0) is 37.1 Å². The molecule has 0 saturated carbocycles. The topological polar surface area (TPSA) is 35.6 Å². The van der Waals surface area contributed by atoms with Crippen molar-refractivity contribution in [1.29, 1.82) is 0 Å². The molecule has 0 aliphatic heterocycles. The van der Waals surface area contributed by atoms with E-state index in [2.05, 4.69) is 157 Å². The van der Waals surface area contributed by atoms with Crippen LogP contribution in [0.25, 0.3) is 55.2 Å². The van der Waals surface area contributed by atoms with E-state index in [1.165, 1.54) is 66.1 Å². The molecule has 0 atom stereocenters. The first-order valence-electron chi connectivity index (χ1n) is 16.2. The van der Waals surface area contributed by atoms with E-state index in [1.807, 2.05) is 37.4 Å². The monoisotopic (exact) mass is 788 g/mol. The molecule has 0 aliphatic carbocycles. The molecule has 0 bridgehead atoms. The Morgan fingerprint density at radius 3 is 1.24 bits per heavy atom. The Labute approximate surface area is 323 Å².